The molecule has 1 amide bonds. The molecule has 0 unspecified atom stereocenters. The standard InChI is InChI=1S/C30H33FN6O6/c1-18(38)41-16-22(17-42-19(2)39)35-14-25-26(15-35)30(25,3)28-7-4-20(11-32-28)24-6-5-21(10-27(24)31)37-13-23(43-29(37)40)12-36-9-8-33-34-36/h4-11,22-23,25-26H,12-17H2,1-3H3/t23-,25-,26+,30+/m0/s1. The van der Waals surface area contributed by atoms with Gasteiger partial charge >= 0.3 is 18.0 Å². The van der Waals surface area contributed by atoms with Crippen LogP contribution in [0.1, 0.15) is 26.5 Å². The molecule has 0 bridgehead atoms. The summed E-state index contributed by atoms with van der Waals surface area (Å²) in [5, 5.41) is 7.65. The number of hydrogen-bond acceptors (Lipinski definition) is 10. The van der Waals surface area contributed by atoms with Crippen LogP contribution in [0.5, 0.6) is 0 Å². The van der Waals surface area contributed by atoms with Crippen molar-refractivity contribution in [3.63, 3.8) is 0 Å². The number of rotatable bonds is 10. The van der Waals surface area contributed by atoms with E-state index in [4.69, 9.17) is 19.2 Å². The van der Waals surface area contributed by atoms with Crippen molar-refractivity contribution < 1.29 is 33.0 Å². The lowest BCUT2D eigenvalue weighted by molar-refractivity contribution is -0.147. The normalized spacial score (nSPS) is 24.6. The van der Waals surface area contributed by atoms with Gasteiger partial charge in [0.25, 0.3) is 0 Å². The molecule has 43 heavy (non-hydrogen) atoms. The molecule has 3 fully saturated rings. The van der Waals surface area contributed by atoms with E-state index in [-0.39, 0.29) is 43.2 Å². The zero-order valence-electron chi connectivity index (χ0n) is 24.2. The van der Waals surface area contributed by atoms with Crippen molar-refractivity contribution in [1.82, 2.24) is 24.9 Å². The number of anilines is 1. The van der Waals surface area contributed by atoms with E-state index in [9.17, 15) is 14.4 Å². The van der Waals surface area contributed by atoms with Gasteiger partial charge in [0.05, 0.1) is 31.0 Å². The minimum atomic E-state index is -0.533. The van der Waals surface area contributed by atoms with Gasteiger partial charge in [0.2, 0.25) is 0 Å². The summed E-state index contributed by atoms with van der Waals surface area (Å²) in [5.74, 6) is -0.496. The predicted molar refractivity (Wildman–Crippen MR) is 150 cm³/mol. The summed E-state index contributed by atoms with van der Waals surface area (Å²) >= 11 is 0. The molecule has 0 N–H and O–H groups in total. The highest BCUT2D eigenvalue weighted by Crippen LogP contribution is 2.63. The summed E-state index contributed by atoms with van der Waals surface area (Å²) in [7, 11) is 0. The number of ether oxygens (including phenoxy) is 3. The molecule has 1 aromatic carbocycles. The zero-order chi connectivity index (χ0) is 30.3. The number of halogens is 1. The summed E-state index contributed by atoms with van der Waals surface area (Å²) in [6.45, 7) is 7.42. The van der Waals surface area contributed by atoms with E-state index in [1.807, 2.05) is 12.1 Å². The predicted octanol–water partition coefficient (Wildman–Crippen LogP) is 2.82. The third-order valence-electron chi connectivity index (χ3n) is 8.88. The molecule has 226 valence electrons. The molecule has 13 heteroatoms. The number of esters is 2. The highest BCUT2D eigenvalue weighted by Gasteiger charge is 2.67. The Hall–Kier alpha value is -4.39. The first-order chi connectivity index (χ1) is 20.6. The van der Waals surface area contributed by atoms with Crippen molar-refractivity contribution in [2.45, 2.75) is 44.9 Å². The number of carbonyl (C=O) groups excluding carboxylic acids is 3. The van der Waals surface area contributed by atoms with E-state index in [1.165, 1.54) is 24.8 Å². The van der Waals surface area contributed by atoms with Crippen LogP contribution in [0.2, 0.25) is 0 Å². The molecule has 2 aromatic heterocycles. The van der Waals surface area contributed by atoms with Gasteiger partial charge in [-0.15, -0.1) is 5.10 Å². The number of benzene rings is 1. The van der Waals surface area contributed by atoms with Crippen LogP contribution in [0, 0.1) is 17.7 Å². The Morgan fingerprint density at radius 2 is 1.81 bits per heavy atom. The van der Waals surface area contributed by atoms with Crippen molar-refractivity contribution in [2.75, 3.05) is 37.7 Å². The minimum absolute atomic E-state index is 0.121. The third-order valence-corrected chi connectivity index (χ3v) is 8.88. The van der Waals surface area contributed by atoms with Gasteiger partial charge in [0.15, 0.2) is 0 Å². The lowest BCUT2D eigenvalue weighted by atomic mass is 9.95. The minimum Gasteiger partial charge on any atom is -0.464 e. The van der Waals surface area contributed by atoms with Crippen LogP contribution in [-0.2, 0) is 35.8 Å². The number of likely N-dealkylation sites (tertiary alicyclic amines) is 1. The number of piperidine rings is 1. The second-order valence-corrected chi connectivity index (χ2v) is 11.5. The molecule has 2 aliphatic heterocycles. The smallest absolute Gasteiger partial charge is 0.414 e. The van der Waals surface area contributed by atoms with E-state index in [2.05, 4.69) is 22.1 Å². The van der Waals surface area contributed by atoms with E-state index < -0.39 is 18.0 Å². The van der Waals surface area contributed by atoms with Crippen LogP contribution in [0.15, 0.2) is 48.9 Å². The topological polar surface area (TPSA) is 129 Å². The SMILES string of the molecule is CC(=O)OCC(COC(C)=O)N1C[C@@H]2[C@H](C1)[C@@]2(C)c1ccc(-c2ccc(N3C[C@H](Cn4ccnn4)OC3=O)cc2F)cn1. The van der Waals surface area contributed by atoms with Gasteiger partial charge in [0, 0.05) is 61.6 Å². The fraction of sp³-hybridized carbons (Fsp3) is 0.467. The monoisotopic (exact) mass is 592 g/mol. The highest BCUT2D eigenvalue weighted by molar-refractivity contribution is 5.90. The van der Waals surface area contributed by atoms with Gasteiger partial charge in [-0.3, -0.25) is 24.4 Å². The zero-order valence-corrected chi connectivity index (χ0v) is 24.2. The van der Waals surface area contributed by atoms with E-state index in [1.54, 1.807) is 35.4 Å². The summed E-state index contributed by atoms with van der Waals surface area (Å²) in [6.07, 6.45) is 3.97. The number of fused-ring (bicyclic) bond motifs is 1. The Bertz CT molecular complexity index is 1490. The maximum atomic E-state index is 15.3. The Balaban J connectivity index is 1.09. The number of hydrogen-bond donors (Lipinski definition) is 0. The number of amides is 1. The van der Waals surface area contributed by atoms with Crippen LogP contribution in [0.25, 0.3) is 11.1 Å². The first-order valence-corrected chi connectivity index (χ1v) is 14.2. The number of pyridine rings is 1. The molecule has 2 saturated heterocycles. The third kappa shape index (κ3) is 5.68. The molecule has 6 rings (SSSR count). The largest absolute Gasteiger partial charge is 0.464 e. The van der Waals surface area contributed by atoms with Gasteiger partial charge in [0.1, 0.15) is 25.1 Å². The van der Waals surface area contributed by atoms with Crippen molar-refractivity contribution in [2.24, 2.45) is 11.8 Å². The average molecular weight is 593 g/mol. The van der Waals surface area contributed by atoms with E-state index in [0.29, 0.717) is 35.2 Å². The van der Waals surface area contributed by atoms with Crippen LogP contribution < -0.4 is 4.90 Å². The fourth-order valence-electron chi connectivity index (χ4n) is 6.42. The highest BCUT2D eigenvalue weighted by atomic mass is 19.1. The Kier molecular flexibility index (Phi) is 7.59. The maximum Gasteiger partial charge on any atom is 0.414 e. The Morgan fingerprint density at radius 3 is 2.40 bits per heavy atom. The molecule has 1 saturated carbocycles. The summed E-state index contributed by atoms with van der Waals surface area (Å²) in [5.41, 5.74) is 2.27. The maximum absolute atomic E-state index is 15.3. The van der Waals surface area contributed by atoms with Gasteiger partial charge in [-0.05, 0) is 36.1 Å². The molecule has 4 atom stereocenters. The lowest BCUT2D eigenvalue weighted by Crippen LogP contribution is -2.44. The second-order valence-electron chi connectivity index (χ2n) is 11.5. The van der Waals surface area contributed by atoms with Gasteiger partial charge in [-0.2, -0.15) is 0 Å². The van der Waals surface area contributed by atoms with Crippen molar-refractivity contribution in [3.8, 4) is 11.1 Å². The average Bonchev–Trinajstić information content (AvgIpc) is 3.52. The molecular weight excluding hydrogens is 559 g/mol. The molecule has 0 radical (unpaired) electrons. The van der Waals surface area contributed by atoms with Gasteiger partial charge < -0.3 is 14.2 Å². The molecule has 12 nitrogen and oxygen atoms in total. The molecule has 3 aromatic rings. The Labute approximate surface area is 247 Å². The van der Waals surface area contributed by atoms with Crippen LogP contribution in [0.3, 0.4) is 0 Å². The molecule has 1 aliphatic carbocycles. The lowest BCUT2D eigenvalue weighted by Gasteiger charge is -2.30. The quantitative estimate of drug-likeness (QED) is 0.256. The molecule has 4 heterocycles. The first-order valence-electron chi connectivity index (χ1n) is 14.2. The van der Waals surface area contributed by atoms with E-state index >= 15 is 4.39 Å². The van der Waals surface area contributed by atoms with Crippen molar-refractivity contribution in [1.29, 1.82) is 0 Å². The summed E-state index contributed by atoms with van der Waals surface area (Å²) < 4.78 is 32.7. The van der Waals surface area contributed by atoms with Crippen LogP contribution in [-0.4, -0.2) is 87.9 Å². The number of nitrogens with zero attached hydrogens (tertiary/aromatic N) is 6. The van der Waals surface area contributed by atoms with Gasteiger partial charge in [-0.1, -0.05) is 18.2 Å². The Morgan fingerprint density at radius 1 is 1.09 bits per heavy atom. The number of aromatic nitrogens is 4. The van der Waals surface area contributed by atoms with Crippen molar-refractivity contribution >= 4 is 23.7 Å². The summed E-state index contributed by atoms with van der Waals surface area (Å²) in [6, 6.07) is 8.32. The number of carbonyl (C=O) groups is 3. The fourth-order valence-corrected chi connectivity index (χ4v) is 6.42. The molecule has 0 spiro atoms. The first kappa shape index (κ1) is 28.7. The van der Waals surface area contributed by atoms with Crippen molar-refractivity contribution in [3.05, 3.63) is 60.4 Å². The van der Waals surface area contributed by atoms with E-state index in [0.717, 1.165) is 18.8 Å². The molecular formula is C30H33FN6O6. The summed E-state index contributed by atoms with van der Waals surface area (Å²) in [4.78, 5) is 43.5. The van der Waals surface area contributed by atoms with Crippen LogP contribution >= 0.6 is 0 Å². The number of cyclic esters (lactones) is 1. The molecule has 3 aliphatic rings. The second kappa shape index (κ2) is 11.4. The van der Waals surface area contributed by atoms with Crippen LogP contribution in [0.4, 0.5) is 14.9 Å². The van der Waals surface area contributed by atoms with Gasteiger partial charge in [-0.25, -0.2) is 13.9 Å².